The van der Waals surface area contributed by atoms with Crippen LogP contribution in [0.4, 0.5) is 5.69 Å². The van der Waals surface area contributed by atoms with E-state index in [1.807, 2.05) is 50.4 Å². The number of hydrogen-bond donors (Lipinski definition) is 1. The van der Waals surface area contributed by atoms with Crippen LogP contribution in [0.1, 0.15) is 30.3 Å². The maximum atomic E-state index is 10.3. The maximum Gasteiger partial charge on any atom is 0.210 e. The van der Waals surface area contributed by atoms with Crippen molar-refractivity contribution in [2.75, 3.05) is 0 Å². The second kappa shape index (κ2) is 5.00. The highest BCUT2D eigenvalue weighted by molar-refractivity contribution is 7.73. The third kappa shape index (κ3) is 2.13. The number of hydrogen-bond acceptors (Lipinski definition) is 4. The van der Waals surface area contributed by atoms with Gasteiger partial charge in [-0.3, -0.25) is 9.56 Å². The van der Waals surface area contributed by atoms with E-state index in [-0.39, 0.29) is 11.9 Å². The zero-order chi connectivity index (χ0) is 14.3. The predicted molar refractivity (Wildman–Crippen MR) is 87.7 cm³/mol. The lowest BCUT2D eigenvalue weighted by Gasteiger charge is -2.07. The van der Waals surface area contributed by atoms with Crippen LogP contribution in [-0.2, 0) is 0 Å². The number of aliphatic imine (C=N–C) groups is 1. The van der Waals surface area contributed by atoms with Crippen LogP contribution in [0.5, 0.6) is 5.88 Å². The molecular formula is C15H14N2OS2. The van der Waals surface area contributed by atoms with E-state index in [2.05, 4.69) is 4.99 Å². The van der Waals surface area contributed by atoms with Gasteiger partial charge in [0.1, 0.15) is 0 Å². The molecule has 1 N–H and O–H groups in total. The summed E-state index contributed by atoms with van der Waals surface area (Å²) in [6, 6.07) is 8.12. The van der Waals surface area contributed by atoms with Gasteiger partial charge < -0.3 is 5.11 Å². The van der Waals surface area contributed by atoms with E-state index in [1.54, 1.807) is 4.57 Å². The van der Waals surface area contributed by atoms with Crippen LogP contribution in [0.3, 0.4) is 0 Å². The van der Waals surface area contributed by atoms with Crippen molar-refractivity contribution >= 4 is 47.1 Å². The van der Waals surface area contributed by atoms with Gasteiger partial charge >= 0.3 is 0 Å². The molecular weight excluding hydrogens is 288 g/mol. The number of allylic oxidation sites excluding steroid dienone is 1. The topological polar surface area (TPSA) is 37.5 Å². The van der Waals surface area contributed by atoms with Crippen molar-refractivity contribution in [1.29, 1.82) is 0 Å². The van der Waals surface area contributed by atoms with Gasteiger partial charge in [0, 0.05) is 23.4 Å². The molecule has 5 heteroatoms. The Labute approximate surface area is 126 Å². The van der Waals surface area contributed by atoms with Crippen LogP contribution in [0.15, 0.2) is 29.3 Å². The molecule has 2 heterocycles. The Balaban J connectivity index is 2.10. The number of fused-ring (bicyclic) bond motifs is 1. The average Bonchev–Trinajstić information content (AvgIpc) is 2.93. The summed E-state index contributed by atoms with van der Waals surface area (Å²) in [6.07, 6.45) is 3.77. The molecule has 3 nitrogen and oxygen atoms in total. The maximum absolute atomic E-state index is 10.3. The second-order valence-corrected chi connectivity index (χ2v) is 6.57. The van der Waals surface area contributed by atoms with Crippen molar-refractivity contribution in [2.45, 2.75) is 19.9 Å². The smallest absolute Gasteiger partial charge is 0.210 e. The Morgan fingerprint density at radius 2 is 2.10 bits per heavy atom. The molecule has 0 saturated heterocycles. The summed E-state index contributed by atoms with van der Waals surface area (Å²) in [6.45, 7) is 4.01. The fourth-order valence-corrected chi connectivity index (χ4v) is 3.76. The van der Waals surface area contributed by atoms with E-state index in [1.165, 1.54) is 11.3 Å². The molecule has 3 rings (SSSR count). The van der Waals surface area contributed by atoms with Crippen molar-refractivity contribution in [1.82, 2.24) is 4.57 Å². The SMILES string of the molecule is CC(C)n1c(O)c(/C=C2\C=Nc3ccccc32)sc1=S. The summed E-state index contributed by atoms with van der Waals surface area (Å²) >= 11 is 6.73. The first kappa shape index (κ1) is 13.3. The molecule has 0 amide bonds. The summed E-state index contributed by atoms with van der Waals surface area (Å²) in [5.74, 6) is 0.236. The van der Waals surface area contributed by atoms with Crippen molar-refractivity contribution in [2.24, 2.45) is 4.99 Å². The molecule has 1 aromatic heterocycles. The number of thiazole rings is 1. The summed E-state index contributed by atoms with van der Waals surface area (Å²) in [5, 5.41) is 10.3. The molecule has 0 unspecified atom stereocenters. The van der Waals surface area contributed by atoms with Gasteiger partial charge in [-0.1, -0.05) is 18.2 Å². The largest absolute Gasteiger partial charge is 0.493 e. The molecule has 1 aliphatic rings. The Morgan fingerprint density at radius 3 is 2.80 bits per heavy atom. The van der Waals surface area contributed by atoms with Gasteiger partial charge in [0.2, 0.25) is 5.88 Å². The number of nitrogens with zero attached hydrogens (tertiary/aromatic N) is 2. The van der Waals surface area contributed by atoms with Gasteiger partial charge in [-0.2, -0.15) is 0 Å². The lowest BCUT2D eigenvalue weighted by molar-refractivity contribution is 0.397. The number of aromatic hydroxyl groups is 1. The first-order valence-electron chi connectivity index (χ1n) is 6.37. The minimum absolute atomic E-state index is 0.149. The molecule has 20 heavy (non-hydrogen) atoms. The zero-order valence-corrected chi connectivity index (χ0v) is 12.8. The van der Waals surface area contributed by atoms with E-state index in [4.69, 9.17) is 12.2 Å². The van der Waals surface area contributed by atoms with Gasteiger partial charge in [-0.05, 0) is 38.2 Å². The standard InChI is InChI=1S/C15H14N2OS2/c1-9(2)17-14(18)13(20-15(17)19)7-10-8-16-12-6-4-3-5-11(10)12/h3-9,18H,1-2H3/b10-7+. The Kier molecular flexibility index (Phi) is 3.31. The van der Waals surface area contributed by atoms with Gasteiger partial charge in [-0.25, -0.2) is 0 Å². The fourth-order valence-electron chi connectivity index (χ4n) is 2.24. The lowest BCUT2D eigenvalue weighted by atomic mass is 10.1. The predicted octanol–water partition coefficient (Wildman–Crippen LogP) is 4.82. The van der Waals surface area contributed by atoms with Gasteiger partial charge in [0.25, 0.3) is 0 Å². The van der Waals surface area contributed by atoms with Crippen LogP contribution < -0.4 is 0 Å². The lowest BCUT2D eigenvalue weighted by Crippen LogP contribution is -1.99. The van der Waals surface area contributed by atoms with Gasteiger partial charge in [-0.15, -0.1) is 11.3 Å². The normalized spacial score (nSPS) is 15.2. The third-order valence-corrected chi connectivity index (χ3v) is 4.54. The summed E-state index contributed by atoms with van der Waals surface area (Å²) in [7, 11) is 0. The van der Waals surface area contributed by atoms with Gasteiger partial charge in [0.05, 0.1) is 10.6 Å². The average molecular weight is 302 g/mol. The third-order valence-electron chi connectivity index (χ3n) is 3.20. The summed E-state index contributed by atoms with van der Waals surface area (Å²) in [4.78, 5) is 5.15. The molecule has 1 aromatic carbocycles. The van der Waals surface area contributed by atoms with Crippen LogP contribution in [0.2, 0.25) is 0 Å². The molecule has 1 aliphatic heterocycles. The van der Waals surface area contributed by atoms with Crippen molar-refractivity contribution < 1.29 is 5.11 Å². The van der Waals surface area contributed by atoms with E-state index < -0.39 is 0 Å². The Morgan fingerprint density at radius 1 is 1.35 bits per heavy atom. The van der Waals surface area contributed by atoms with Crippen LogP contribution in [0, 0.1) is 3.95 Å². The van der Waals surface area contributed by atoms with Crippen LogP contribution in [0.25, 0.3) is 11.6 Å². The highest BCUT2D eigenvalue weighted by Gasteiger charge is 2.16. The number of aromatic nitrogens is 1. The Hall–Kier alpha value is -1.72. The highest BCUT2D eigenvalue weighted by atomic mass is 32.1. The highest BCUT2D eigenvalue weighted by Crippen LogP contribution is 2.36. The van der Waals surface area contributed by atoms with E-state index in [0.717, 1.165) is 21.7 Å². The fraction of sp³-hybridized carbons (Fsp3) is 0.200. The molecule has 0 fully saturated rings. The number of benzene rings is 1. The quantitative estimate of drug-likeness (QED) is 0.807. The number of para-hydroxylation sites is 1. The molecule has 102 valence electrons. The van der Waals surface area contributed by atoms with Crippen molar-refractivity contribution in [3.05, 3.63) is 38.7 Å². The van der Waals surface area contributed by atoms with E-state index in [0.29, 0.717) is 3.95 Å². The minimum atomic E-state index is 0.149. The van der Waals surface area contributed by atoms with E-state index in [9.17, 15) is 5.11 Å². The summed E-state index contributed by atoms with van der Waals surface area (Å²) in [5.41, 5.74) is 3.05. The van der Waals surface area contributed by atoms with Crippen molar-refractivity contribution in [3.8, 4) is 5.88 Å². The van der Waals surface area contributed by atoms with Crippen LogP contribution in [-0.4, -0.2) is 15.9 Å². The molecule has 2 aromatic rings. The molecule has 0 saturated carbocycles. The van der Waals surface area contributed by atoms with Gasteiger partial charge in [0.15, 0.2) is 3.95 Å². The Bertz CT molecular complexity index is 781. The molecule has 0 radical (unpaired) electrons. The monoisotopic (exact) mass is 302 g/mol. The molecule has 0 atom stereocenters. The summed E-state index contributed by atoms with van der Waals surface area (Å²) < 4.78 is 2.46. The second-order valence-electron chi connectivity index (χ2n) is 4.89. The molecule has 0 aliphatic carbocycles. The van der Waals surface area contributed by atoms with E-state index >= 15 is 0 Å². The first-order valence-corrected chi connectivity index (χ1v) is 7.60. The van der Waals surface area contributed by atoms with Crippen molar-refractivity contribution in [3.63, 3.8) is 0 Å². The zero-order valence-electron chi connectivity index (χ0n) is 11.2. The first-order chi connectivity index (χ1) is 9.58. The molecule has 0 bridgehead atoms. The number of rotatable bonds is 2. The molecule has 0 spiro atoms. The minimum Gasteiger partial charge on any atom is -0.493 e. The van der Waals surface area contributed by atoms with Crippen LogP contribution >= 0.6 is 23.6 Å².